The van der Waals surface area contributed by atoms with Gasteiger partial charge in [0, 0.05) is 18.4 Å². The summed E-state index contributed by atoms with van der Waals surface area (Å²) in [6.45, 7) is 0. The third kappa shape index (κ3) is 3.70. The van der Waals surface area contributed by atoms with Gasteiger partial charge in [-0.2, -0.15) is 0 Å². The standard InChI is InChI=1S/C15H18ClN3O/c1-20-15-10-12(3-4-13(15)16)14(19-17)5-2-11-6-8-18-9-7-11/h3-4,6-10,14,19H,2,5,17H2,1H3. The second-order valence-electron chi connectivity index (χ2n) is 4.51. The monoisotopic (exact) mass is 291 g/mol. The summed E-state index contributed by atoms with van der Waals surface area (Å²) in [5.74, 6) is 6.32. The molecule has 0 fully saturated rings. The first-order chi connectivity index (χ1) is 9.74. The topological polar surface area (TPSA) is 60.2 Å². The summed E-state index contributed by atoms with van der Waals surface area (Å²) in [5, 5.41) is 0.598. The number of hydrogen-bond acceptors (Lipinski definition) is 4. The number of nitrogens with two attached hydrogens (primary N) is 1. The second kappa shape index (κ2) is 7.24. The third-order valence-electron chi connectivity index (χ3n) is 3.25. The number of hydrogen-bond donors (Lipinski definition) is 2. The van der Waals surface area contributed by atoms with Crippen LogP contribution in [0.15, 0.2) is 42.7 Å². The Morgan fingerprint density at radius 2 is 2.05 bits per heavy atom. The molecule has 1 aromatic carbocycles. The molecule has 0 spiro atoms. The zero-order valence-electron chi connectivity index (χ0n) is 11.3. The predicted octanol–water partition coefficient (Wildman–Crippen LogP) is 2.88. The van der Waals surface area contributed by atoms with Gasteiger partial charge in [-0.15, -0.1) is 0 Å². The Morgan fingerprint density at radius 3 is 2.70 bits per heavy atom. The van der Waals surface area contributed by atoms with Crippen molar-refractivity contribution < 1.29 is 4.74 Å². The van der Waals surface area contributed by atoms with Gasteiger partial charge in [-0.25, -0.2) is 0 Å². The number of ether oxygens (including phenoxy) is 1. The first-order valence-electron chi connectivity index (χ1n) is 6.43. The molecule has 2 aromatic rings. The molecule has 0 aliphatic rings. The summed E-state index contributed by atoms with van der Waals surface area (Å²) < 4.78 is 5.23. The second-order valence-corrected chi connectivity index (χ2v) is 4.91. The van der Waals surface area contributed by atoms with Gasteiger partial charge in [-0.3, -0.25) is 16.3 Å². The van der Waals surface area contributed by atoms with Crippen molar-refractivity contribution in [1.82, 2.24) is 10.4 Å². The van der Waals surface area contributed by atoms with Crippen molar-refractivity contribution in [2.45, 2.75) is 18.9 Å². The molecule has 106 valence electrons. The van der Waals surface area contributed by atoms with E-state index in [-0.39, 0.29) is 6.04 Å². The summed E-state index contributed by atoms with van der Waals surface area (Å²) in [5.41, 5.74) is 5.14. The first kappa shape index (κ1) is 14.8. The smallest absolute Gasteiger partial charge is 0.137 e. The van der Waals surface area contributed by atoms with Gasteiger partial charge in [0.05, 0.1) is 12.1 Å². The van der Waals surface area contributed by atoms with Crippen molar-refractivity contribution in [3.05, 3.63) is 58.9 Å². The van der Waals surface area contributed by atoms with Gasteiger partial charge in [0.1, 0.15) is 5.75 Å². The molecule has 0 bridgehead atoms. The van der Waals surface area contributed by atoms with Crippen LogP contribution in [0.2, 0.25) is 5.02 Å². The highest BCUT2D eigenvalue weighted by atomic mass is 35.5. The summed E-state index contributed by atoms with van der Waals surface area (Å²) in [7, 11) is 1.60. The fourth-order valence-electron chi connectivity index (χ4n) is 2.10. The third-order valence-corrected chi connectivity index (χ3v) is 3.56. The largest absolute Gasteiger partial charge is 0.495 e. The van der Waals surface area contributed by atoms with Gasteiger partial charge in [-0.1, -0.05) is 17.7 Å². The lowest BCUT2D eigenvalue weighted by atomic mass is 10.00. The van der Waals surface area contributed by atoms with Crippen molar-refractivity contribution >= 4 is 11.6 Å². The van der Waals surface area contributed by atoms with E-state index in [1.54, 1.807) is 19.5 Å². The van der Waals surface area contributed by atoms with E-state index in [0.717, 1.165) is 18.4 Å². The Balaban J connectivity index is 2.08. The molecule has 0 aliphatic carbocycles. The minimum absolute atomic E-state index is 0.0503. The average molecular weight is 292 g/mol. The van der Waals surface area contributed by atoms with E-state index >= 15 is 0 Å². The quantitative estimate of drug-likeness (QED) is 0.635. The molecule has 1 aromatic heterocycles. The maximum absolute atomic E-state index is 6.03. The van der Waals surface area contributed by atoms with E-state index in [1.807, 2.05) is 30.3 Å². The van der Waals surface area contributed by atoms with Crippen LogP contribution in [0, 0.1) is 0 Å². The summed E-state index contributed by atoms with van der Waals surface area (Å²) in [6, 6.07) is 9.77. The van der Waals surface area contributed by atoms with Crippen LogP contribution in [0.3, 0.4) is 0 Å². The van der Waals surface area contributed by atoms with E-state index in [0.29, 0.717) is 10.8 Å². The molecule has 1 heterocycles. The van der Waals surface area contributed by atoms with E-state index < -0.39 is 0 Å². The van der Waals surface area contributed by atoms with E-state index in [4.69, 9.17) is 22.2 Å². The van der Waals surface area contributed by atoms with Crippen LogP contribution in [0.4, 0.5) is 0 Å². The molecular formula is C15H18ClN3O. The number of pyridine rings is 1. The van der Waals surface area contributed by atoms with Crippen molar-refractivity contribution in [2.24, 2.45) is 5.84 Å². The molecule has 1 unspecified atom stereocenters. The van der Waals surface area contributed by atoms with Gasteiger partial charge in [-0.05, 0) is 48.2 Å². The van der Waals surface area contributed by atoms with Gasteiger partial charge in [0.25, 0.3) is 0 Å². The number of aromatic nitrogens is 1. The fourth-order valence-corrected chi connectivity index (χ4v) is 2.29. The molecule has 4 nitrogen and oxygen atoms in total. The molecule has 0 saturated heterocycles. The number of nitrogens with zero attached hydrogens (tertiary/aromatic N) is 1. The molecule has 0 saturated carbocycles. The van der Waals surface area contributed by atoms with E-state index in [9.17, 15) is 0 Å². The minimum Gasteiger partial charge on any atom is -0.495 e. The lowest BCUT2D eigenvalue weighted by Crippen LogP contribution is -2.28. The van der Waals surface area contributed by atoms with Crippen LogP contribution in [0.25, 0.3) is 0 Å². The van der Waals surface area contributed by atoms with Crippen LogP contribution in [0.1, 0.15) is 23.6 Å². The number of nitrogens with one attached hydrogen (secondary N) is 1. The molecule has 0 aliphatic heterocycles. The highest BCUT2D eigenvalue weighted by Crippen LogP contribution is 2.29. The van der Waals surface area contributed by atoms with Crippen molar-refractivity contribution in [3.8, 4) is 5.75 Å². The number of hydrazine groups is 1. The first-order valence-corrected chi connectivity index (χ1v) is 6.81. The summed E-state index contributed by atoms with van der Waals surface area (Å²) in [4.78, 5) is 4.01. The van der Waals surface area contributed by atoms with Gasteiger partial charge in [0.2, 0.25) is 0 Å². The lowest BCUT2D eigenvalue weighted by molar-refractivity contribution is 0.412. The fraction of sp³-hybridized carbons (Fsp3) is 0.267. The normalized spacial score (nSPS) is 12.2. The number of benzene rings is 1. The average Bonchev–Trinajstić information content (AvgIpc) is 2.50. The number of rotatable bonds is 6. The van der Waals surface area contributed by atoms with Crippen LogP contribution in [-0.2, 0) is 6.42 Å². The summed E-state index contributed by atoms with van der Waals surface area (Å²) >= 11 is 6.03. The highest BCUT2D eigenvalue weighted by molar-refractivity contribution is 6.32. The van der Waals surface area contributed by atoms with E-state index in [2.05, 4.69) is 10.4 Å². The van der Waals surface area contributed by atoms with Gasteiger partial charge < -0.3 is 4.74 Å². The predicted molar refractivity (Wildman–Crippen MR) is 80.6 cm³/mol. The van der Waals surface area contributed by atoms with Crippen molar-refractivity contribution in [3.63, 3.8) is 0 Å². The molecule has 0 radical (unpaired) electrons. The highest BCUT2D eigenvalue weighted by Gasteiger charge is 2.12. The maximum atomic E-state index is 6.03. The Hall–Kier alpha value is -1.62. The van der Waals surface area contributed by atoms with Crippen LogP contribution < -0.4 is 16.0 Å². The van der Waals surface area contributed by atoms with Crippen molar-refractivity contribution in [2.75, 3.05) is 7.11 Å². The van der Waals surface area contributed by atoms with Gasteiger partial charge >= 0.3 is 0 Å². The number of aryl methyl sites for hydroxylation is 1. The Labute approximate surface area is 123 Å². The molecule has 0 amide bonds. The van der Waals surface area contributed by atoms with Crippen LogP contribution in [-0.4, -0.2) is 12.1 Å². The Kier molecular flexibility index (Phi) is 5.35. The molecule has 3 N–H and O–H groups in total. The zero-order chi connectivity index (χ0) is 14.4. The molecule has 5 heteroatoms. The number of halogens is 1. The van der Waals surface area contributed by atoms with E-state index in [1.165, 1.54) is 5.56 Å². The molecular weight excluding hydrogens is 274 g/mol. The molecule has 20 heavy (non-hydrogen) atoms. The molecule has 2 rings (SSSR count). The van der Waals surface area contributed by atoms with Crippen LogP contribution in [0.5, 0.6) is 5.75 Å². The van der Waals surface area contributed by atoms with Crippen molar-refractivity contribution in [1.29, 1.82) is 0 Å². The Morgan fingerprint density at radius 1 is 1.30 bits per heavy atom. The zero-order valence-corrected chi connectivity index (χ0v) is 12.1. The van der Waals surface area contributed by atoms with Gasteiger partial charge in [0.15, 0.2) is 0 Å². The van der Waals surface area contributed by atoms with Crippen LogP contribution >= 0.6 is 11.6 Å². The lowest BCUT2D eigenvalue weighted by Gasteiger charge is -2.17. The Bertz CT molecular complexity index is 548. The molecule has 1 atom stereocenters. The minimum atomic E-state index is 0.0503. The summed E-state index contributed by atoms with van der Waals surface area (Å²) in [6.07, 6.45) is 5.39. The SMILES string of the molecule is COc1cc(C(CCc2ccncc2)NN)ccc1Cl. The maximum Gasteiger partial charge on any atom is 0.137 e. The number of methoxy groups -OCH3 is 1.